The lowest BCUT2D eigenvalue weighted by atomic mass is 9.94. The number of carbonyl (C=O) groups excluding carboxylic acids is 1. The number of piperidine rings is 1. The maximum absolute atomic E-state index is 12.8. The van der Waals surface area contributed by atoms with Gasteiger partial charge < -0.3 is 10.2 Å². The normalized spacial score (nSPS) is 18.8. The predicted molar refractivity (Wildman–Crippen MR) is 82.9 cm³/mol. The molecule has 3 rings (SSSR count). The van der Waals surface area contributed by atoms with Crippen molar-refractivity contribution in [2.75, 3.05) is 25.5 Å². The minimum Gasteiger partial charge on any atom is -0.378 e. The summed E-state index contributed by atoms with van der Waals surface area (Å²) in [7, 11) is 1.83. The first-order chi connectivity index (χ1) is 10.2. The Hall–Kier alpha value is -1.89. The van der Waals surface area contributed by atoms with Gasteiger partial charge in [-0.2, -0.15) is 9.47 Å². The number of hydrogen-bond acceptors (Lipinski definition) is 5. The summed E-state index contributed by atoms with van der Waals surface area (Å²) in [5, 5.41) is 11.0. The standard InChI is InChI=1S/C14H19N5OS/c1-9-12(13(15-2)21-18-9)14(20)19-7-3-4-10(8-19)11-5-6-16-17-11/h5-6,10,15H,3-4,7-8H2,1-2H3,(H,16,17)/t10-/m0/s1. The summed E-state index contributed by atoms with van der Waals surface area (Å²) in [5.74, 6) is 0.421. The lowest BCUT2D eigenvalue weighted by Crippen LogP contribution is -2.39. The highest BCUT2D eigenvalue weighted by molar-refractivity contribution is 7.10. The number of H-pyrrole nitrogens is 1. The Bertz CT molecular complexity index is 621. The van der Waals surface area contributed by atoms with Gasteiger partial charge in [-0.25, -0.2) is 0 Å². The van der Waals surface area contributed by atoms with Gasteiger partial charge in [0.05, 0.1) is 11.3 Å². The number of aromatic nitrogens is 3. The SMILES string of the molecule is CNc1snc(C)c1C(=O)N1CCC[C@H](c2ccn[nH]2)C1. The molecule has 1 atom stereocenters. The summed E-state index contributed by atoms with van der Waals surface area (Å²) >= 11 is 1.34. The molecule has 0 bridgehead atoms. The molecule has 6 nitrogen and oxygen atoms in total. The fourth-order valence-electron chi connectivity index (χ4n) is 2.86. The molecule has 0 aliphatic carbocycles. The van der Waals surface area contributed by atoms with Crippen molar-refractivity contribution in [3.63, 3.8) is 0 Å². The minimum absolute atomic E-state index is 0.0785. The van der Waals surface area contributed by atoms with Crippen molar-refractivity contribution < 1.29 is 4.79 Å². The van der Waals surface area contributed by atoms with E-state index in [1.807, 2.05) is 24.9 Å². The van der Waals surface area contributed by atoms with E-state index in [9.17, 15) is 4.79 Å². The van der Waals surface area contributed by atoms with E-state index in [1.165, 1.54) is 11.5 Å². The van der Waals surface area contributed by atoms with Crippen LogP contribution in [0, 0.1) is 6.92 Å². The molecule has 3 heterocycles. The van der Waals surface area contributed by atoms with E-state index in [2.05, 4.69) is 19.9 Å². The molecule has 2 aromatic rings. The summed E-state index contributed by atoms with van der Waals surface area (Å²) in [5.41, 5.74) is 2.63. The van der Waals surface area contributed by atoms with Crippen LogP contribution in [-0.4, -0.2) is 45.5 Å². The first-order valence-electron chi connectivity index (χ1n) is 7.13. The molecule has 1 aliphatic heterocycles. The number of anilines is 1. The number of carbonyl (C=O) groups is 1. The van der Waals surface area contributed by atoms with Crippen LogP contribution in [0.4, 0.5) is 5.00 Å². The molecular formula is C14H19N5OS. The Morgan fingerprint density at radius 1 is 1.57 bits per heavy atom. The topological polar surface area (TPSA) is 73.9 Å². The molecule has 1 aliphatic rings. The Morgan fingerprint density at radius 2 is 2.43 bits per heavy atom. The zero-order valence-electron chi connectivity index (χ0n) is 12.2. The van der Waals surface area contributed by atoms with Crippen LogP contribution in [0.5, 0.6) is 0 Å². The van der Waals surface area contributed by atoms with Crippen molar-refractivity contribution in [2.45, 2.75) is 25.7 Å². The number of nitrogens with one attached hydrogen (secondary N) is 2. The molecule has 7 heteroatoms. The van der Waals surface area contributed by atoms with Crippen LogP contribution in [0.3, 0.4) is 0 Å². The zero-order valence-corrected chi connectivity index (χ0v) is 13.0. The predicted octanol–water partition coefficient (Wildman–Crippen LogP) is 2.24. The van der Waals surface area contributed by atoms with Gasteiger partial charge in [-0.3, -0.25) is 9.89 Å². The summed E-state index contributed by atoms with van der Waals surface area (Å²) in [4.78, 5) is 14.7. The van der Waals surface area contributed by atoms with Crippen molar-refractivity contribution in [1.82, 2.24) is 19.5 Å². The smallest absolute Gasteiger partial charge is 0.258 e. The quantitative estimate of drug-likeness (QED) is 0.912. The molecule has 0 saturated carbocycles. The first-order valence-corrected chi connectivity index (χ1v) is 7.90. The minimum atomic E-state index is 0.0785. The molecule has 1 amide bonds. The molecule has 0 aromatic carbocycles. The Kier molecular flexibility index (Phi) is 3.92. The molecule has 2 N–H and O–H groups in total. The molecule has 21 heavy (non-hydrogen) atoms. The molecule has 1 fully saturated rings. The fraction of sp³-hybridized carbons (Fsp3) is 0.500. The number of aryl methyl sites for hydroxylation is 1. The van der Waals surface area contributed by atoms with Gasteiger partial charge in [-0.1, -0.05) is 0 Å². The Morgan fingerprint density at radius 3 is 3.14 bits per heavy atom. The number of hydrogen-bond donors (Lipinski definition) is 2. The monoisotopic (exact) mass is 305 g/mol. The van der Waals surface area contributed by atoms with Crippen LogP contribution in [0.2, 0.25) is 0 Å². The molecule has 0 spiro atoms. The third-order valence-electron chi connectivity index (χ3n) is 3.97. The fourth-order valence-corrected chi connectivity index (χ4v) is 3.60. The maximum atomic E-state index is 12.8. The number of rotatable bonds is 3. The number of amides is 1. The first kappa shape index (κ1) is 14.1. The largest absolute Gasteiger partial charge is 0.378 e. The summed E-state index contributed by atoms with van der Waals surface area (Å²) in [6, 6.07) is 2.00. The van der Waals surface area contributed by atoms with Crippen molar-refractivity contribution in [1.29, 1.82) is 0 Å². The van der Waals surface area contributed by atoms with Gasteiger partial charge >= 0.3 is 0 Å². The lowest BCUT2D eigenvalue weighted by molar-refractivity contribution is 0.0706. The Labute approximate surface area is 127 Å². The Balaban J connectivity index is 1.80. The highest BCUT2D eigenvalue weighted by Crippen LogP contribution is 2.30. The van der Waals surface area contributed by atoms with Crippen molar-refractivity contribution in [3.05, 3.63) is 29.2 Å². The van der Waals surface area contributed by atoms with Gasteiger partial charge in [0.25, 0.3) is 5.91 Å². The maximum Gasteiger partial charge on any atom is 0.258 e. The highest BCUT2D eigenvalue weighted by Gasteiger charge is 2.29. The van der Waals surface area contributed by atoms with E-state index in [0.29, 0.717) is 11.5 Å². The van der Waals surface area contributed by atoms with Gasteiger partial charge in [-0.05, 0) is 37.4 Å². The number of likely N-dealkylation sites (tertiary alicyclic amines) is 1. The molecule has 0 radical (unpaired) electrons. The number of nitrogens with zero attached hydrogens (tertiary/aromatic N) is 3. The second-order valence-corrected chi connectivity index (χ2v) is 6.10. The van der Waals surface area contributed by atoms with E-state index in [1.54, 1.807) is 6.20 Å². The molecule has 2 aromatic heterocycles. The van der Waals surface area contributed by atoms with Gasteiger partial charge in [-0.15, -0.1) is 0 Å². The summed E-state index contributed by atoms with van der Waals surface area (Å²) in [6.07, 6.45) is 3.87. The van der Waals surface area contributed by atoms with Crippen LogP contribution in [0.25, 0.3) is 0 Å². The van der Waals surface area contributed by atoms with E-state index < -0.39 is 0 Å². The second-order valence-electron chi connectivity index (χ2n) is 5.32. The number of aromatic amines is 1. The van der Waals surface area contributed by atoms with Crippen LogP contribution in [0.15, 0.2) is 12.3 Å². The second kappa shape index (κ2) is 5.85. The molecule has 1 saturated heterocycles. The van der Waals surface area contributed by atoms with Gasteiger partial charge in [0, 0.05) is 37.9 Å². The summed E-state index contributed by atoms with van der Waals surface area (Å²) in [6.45, 7) is 3.43. The van der Waals surface area contributed by atoms with Crippen molar-refractivity contribution in [2.24, 2.45) is 0 Å². The molecule has 112 valence electrons. The van der Waals surface area contributed by atoms with Crippen LogP contribution < -0.4 is 5.32 Å². The van der Waals surface area contributed by atoms with E-state index in [4.69, 9.17) is 0 Å². The van der Waals surface area contributed by atoms with Crippen molar-refractivity contribution in [3.8, 4) is 0 Å². The average molecular weight is 305 g/mol. The van der Waals surface area contributed by atoms with Crippen LogP contribution in [0.1, 0.15) is 40.5 Å². The van der Waals surface area contributed by atoms with Crippen LogP contribution >= 0.6 is 11.5 Å². The molecule has 0 unspecified atom stereocenters. The molecular weight excluding hydrogens is 286 g/mol. The van der Waals surface area contributed by atoms with E-state index in [-0.39, 0.29) is 5.91 Å². The summed E-state index contributed by atoms with van der Waals surface area (Å²) < 4.78 is 4.29. The highest BCUT2D eigenvalue weighted by atomic mass is 32.1. The van der Waals surface area contributed by atoms with Gasteiger partial charge in [0.1, 0.15) is 5.00 Å². The average Bonchev–Trinajstić information content (AvgIpc) is 3.16. The third kappa shape index (κ3) is 2.65. The van der Waals surface area contributed by atoms with E-state index >= 15 is 0 Å². The zero-order chi connectivity index (χ0) is 14.8. The van der Waals surface area contributed by atoms with Crippen LogP contribution in [-0.2, 0) is 0 Å². The third-order valence-corrected chi connectivity index (χ3v) is 4.93. The van der Waals surface area contributed by atoms with Gasteiger partial charge in [0.15, 0.2) is 0 Å². The van der Waals surface area contributed by atoms with E-state index in [0.717, 1.165) is 42.3 Å². The lowest BCUT2D eigenvalue weighted by Gasteiger charge is -2.32. The van der Waals surface area contributed by atoms with Crippen molar-refractivity contribution >= 4 is 22.4 Å². The van der Waals surface area contributed by atoms with Gasteiger partial charge in [0.2, 0.25) is 0 Å².